The molecule has 1 aromatic heterocycles. The number of benzene rings is 1. The minimum Gasteiger partial charge on any atom is -0.493 e. The van der Waals surface area contributed by atoms with Crippen molar-refractivity contribution in [1.82, 2.24) is 0 Å². The number of carbonyl (C=O) groups excluding carboxylic acids is 1. The van der Waals surface area contributed by atoms with Crippen LogP contribution in [-0.2, 0) is 11.3 Å². The number of anilines is 1. The number of ether oxygens (including phenoxy) is 1. The minimum atomic E-state index is -0.368. The molecule has 0 saturated carbocycles. The van der Waals surface area contributed by atoms with Gasteiger partial charge >= 0.3 is 0 Å². The van der Waals surface area contributed by atoms with Crippen LogP contribution in [0.3, 0.4) is 0 Å². The van der Waals surface area contributed by atoms with Crippen molar-refractivity contribution >= 4 is 27.5 Å². The summed E-state index contributed by atoms with van der Waals surface area (Å²) < 4.78 is 11.5. The smallest absolute Gasteiger partial charge is 0.220 e. The van der Waals surface area contributed by atoms with Gasteiger partial charge in [0.25, 0.3) is 0 Å². The van der Waals surface area contributed by atoms with Crippen LogP contribution in [-0.4, -0.2) is 12.5 Å². The van der Waals surface area contributed by atoms with E-state index in [1.165, 1.54) is 0 Å². The second-order valence-electron chi connectivity index (χ2n) is 4.15. The quantitative estimate of drug-likeness (QED) is 0.813. The molecule has 0 bridgehead atoms. The van der Waals surface area contributed by atoms with E-state index in [1.807, 2.05) is 36.4 Å². The Kier molecular flexibility index (Phi) is 5.06. The van der Waals surface area contributed by atoms with Crippen molar-refractivity contribution in [3.8, 4) is 5.75 Å². The van der Waals surface area contributed by atoms with Crippen molar-refractivity contribution in [1.29, 1.82) is 0 Å². The van der Waals surface area contributed by atoms with Crippen LogP contribution in [0, 0.1) is 0 Å². The van der Waals surface area contributed by atoms with Gasteiger partial charge in [0.05, 0.1) is 19.6 Å². The van der Waals surface area contributed by atoms with Crippen molar-refractivity contribution in [2.75, 3.05) is 11.9 Å². The first-order chi connectivity index (χ1) is 9.63. The molecule has 0 fully saturated rings. The second-order valence-corrected chi connectivity index (χ2v) is 4.93. The summed E-state index contributed by atoms with van der Waals surface area (Å²) in [5, 5.41) is 3.23. The highest BCUT2D eigenvalue weighted by atomic mass is 79.9. The molecule has 0 aliphatic carbocycles. The minimum absolute atomic E-state index is 0.216. The van der Waals surface area contributed by atoms with Gasteiger partial charge in [-0.1, -0.05) is 0 Å². The topological polar surface area (TPSA) is 77.5 Å². The van der Waals surface area contributed by atoms with Gasteiger partial charge in [-0.05, 0) is 52.3 Å². The summed E-state index contributed by atoms with van der Waals surface area (Å²) in [5.74, 6) is 1.18. The Bertz CT molecular complexity index is 566. The van der Waals surface area contributed by atoms with Gasteiger partial charge in [-0.25, -0.2) is 0 Å². The van der Waals surface area contributed by atoms with Gasteiger partial charge in [0.1, 0.15) is 11.5 Å². The molecule has 0 unspecified atom stereocenters. The van der Waals surface area contributed by atoms with E-state index in [2.05, 4.69) is 21.2 Å². The zero-order chi connectivity index (χ0) is 14.4. The first-order valence-electron chi connectivity index (χ1n) is 6.13. The van der Waals surface area contributed by atoms with Gasteiger partial charge < -0.3 is 20.2 Å². The van der Waals surface area contributed by atoms with Gasteiger partial charge in [-0.15, -0.1) is 0 Å². The lowest BCUT2D eigenvalue weighted by Crippen LogP contribution is -2.14. The van der Waals surface area contributed by atoms with E-state index < -0.39 is 0 Å². The Morgan fingerprint density at radius 1 is 1.25 bits per heavy atom. The average Bonchev–Trinajstić information content (AvgIpc) is 2.83. The third-order valence-electron chi connectivity index (χ3n) is 2.57. The fourth-order valence-electron chi connectivity index (χ4n) is 1.57. The Balaban J connectivity index is 1.80. The van der Waals surface area contributed by atoms with Crippen LogP contribution >= 0.6 is 15.9 Å². The molecule has 20 heavy (non-hydrogen) atoms. The van der Waals surface area contributed by atoms with Gasteiger partial charge in [-0.2, -0.15) is 0 Å². The number of hydrogen-bond donors (Lipinski definition) is 2. The number of amides is 1. The number of carbonyl (C=O) groups is 1. The molecule has 6 heteroatoms. The number of rotatable bonds is 7. The molecule has 0 saturated heterocycles. The van der Waals surface area contributed by atoms with Crippen molar-refractivity contribution in [3.63, 3.8) is 0 Å². The molecular formula is C14H15BrN2O3. The number of halogens is 1. The van der Waals surface area contributed by atoms with E-state index in [1.54, 1.807) is 0 Å². The van der Waals surface area contributed by atoms with E-state index in [0.717, 1.165) is 11.4 Å². The predicted molar refractivity (Wildman–Crippen MR) is 79.5 cm³/mol. The molecule has 1 aromatic carbocycles. The monoisotopic (exact) mass is 338 g/mol. The van der Waals surface area contributed by atoms with Crippen LogP contribution in [0.15, 0.2) is 45.5 Å². The van der Waals surface area contributed by atoms with Crippen molar-refractivity contribution in [3.05, 3.63) is 46.8 Å². The highest BCUT2D eigenvalue weighted by Crippen LogP contribution is 2.18. The molecule has 0 radical (unpaired) electrons. The first kappa shape index (κ1) is 14.5. The largest absolute Gasteiger partial charge is 0.493 e. The van der Waals surface area contributed by atoms with E-state index >= 15 is 0 Å². The Hall–Kier alpha value is -1.95. The maximum atomic E-state index is 10.6. The zero-order valence-corrected chi connectivity index (χ0v) is 12.4. The SMILES string of the molecule is NC(=O)CCOc1ccc(NCc2ccc(Br)o2)cc1. The van der Waals surface area contributed by atoms with E-state index in [9.17, 15) is 4.79 Å². The summed E-state index contributed by atoms with van der Waals surface area (Å²) in [6.07, 6.45) is 0.216. The summed E-state index contributed by atoms with van der Waals surface area (Å²) in [6, 6.07) is 11.2. The molecule has 2 aromatic rings. The lowest BCUT2D eigenvalue weighted by atomic mass is 10.3. The fraction of sp³-hybridized carbons (Fsp3) is 0.214. The molecule has 106 valence electrons. The Morgan fingerprint density at radius 2 is 2.00 bits per heavy atom. The standard InChI is InChI=1S/C14H15BrN2O3/c15-13-6-5-12(20-13)9-17-10-1-3-11(4-2-10)19-8-7-14(16)18/h1-6,17H,7-9H2,(H2,16,18). The number of hydrogen-bond acceptors (Lipinski definition) is 4. The highest BCUT2D eigenvalue weighted by molar-refractivity contribution is 9.10. The lowest BCUT2D eigenvalue weighted by Gasteiger charge is -2.07. The number of furan rings is 1. The van der Waals surface area contributed by atoms with E-state index in [4.69, 9.17) is 14.9 Å². The molecule has 0 atom stereocenters. The fourth-order valence-corrected chi connectivity index (χ4v) is 1.91. The van der Waals surface area contributed by atoms with Crippen LogP contribution in [0.4, 0.5) is 5.69 Å². The lowest BCUT2D eigenvalue weighted by molar-refractivity contribution is -0.118. The molecule has 0 aliphatic heterocycles. The van der Waals surface area contributed by atoms with Gasteiger partial charge in [-0.3, -0.25) is 4.79 Å². The molecule has 1 heterocycles. The van der Waals surface area contributed by atoms with Crippen LogP contribution in [0.1, 0.15) is 12.2 Å². The summed E-state index contributed by atoms with van der Waals surface area (Å²) in [6.45, 7) is 0.899. The third kappa shape index (κ3) is 4.62. The zero-order valence-electron chi connectivity index (χ0n) is 10.8. The summed E-state index contributed by atoms with van der Waals surface area (Å²) in [5.41, 5.74) is 5.99. The summed E-state index contributed by atoms with van der Waals surface area (Å²) in [4.78, 5) is 10.6. The Morgan fingerprint density at radius 3 is 2.60 bits per heavy atom. The molecule has 0 aliphatic rings. The first-order valence-corrected chi connectivity index (χ1v) is 6.92. The van der Waals surface area contributed by atoms with Crippen molar-refractivity contribution < 1.29 is 13.9 Å². The maximum absolute atomic E-state index is 10.6. The normalized spacial score (nSPS) is 10.2. The van der Waals surface area contributed by atoms with Crippen LogP contribution in [0.5, 0.6) is 5.75 Å². The maximum Gasteiger partial charge on any atom is 0.220 e. The van der Waals surface area contributed by atoms with E-state index in [0.29, 0.717) is 23.6 Å². The van der Waals surface area contributed by atoms with Crippen LogP contribution in [0.25, 0.3) is 0 Å². The molecule has 2 rings (SSSR count). The predicted octanol–water partition coefficient (Wildman–Crippen LogP) is 2.91. The van der Waals surface area contributed by atoms with Crippen molar-refractivity contribution in [2.45, 2.75) is 13.0 Å². The average molecular weight is 339 g/mol. The van der Waals surface area contributed by atoms with Gasteiger partial charge in [0, 0.05) is 5.69 Å². The molecule has 5 nitrogen and oxygen atoms in total. The molecule has 1 amide bonds. The third-order valence-corrected chi connectivity index (χ3v) is 2.99. The van der Waals surface area contributed by atoms with Gasteiger partial charge in [0.2, 0.25) is 5.91 Å². The number of nitrogens with two attached hydrogens (primary N) is 1. The van der Waals surface area contributed by atoms with Crippen LogP contribution < -0.4 is 15.8 Å². The number of primary amides is 1. The number of nitrogens with one attached hydrogen (secondary N) is 1. The van der Waals surface area contributed by atoms with Crippen molar-refractivity contribution in [2.24, 2.45) is 5.73 Å². The summed E-state index contributed by atoms with van der Waals surface area (Å²) in [7, 11) is 0. The molecule has 3 N–H and O–H groups in total. The van der Waals surface area contributed by atoms with E-state index in [-0.39, 0.29) is 12.3 Å². The summed E-state index contributed by atoms with van der Waals surface area (Å²) >= 11 is 3.26. The Labute approximate surface area is 125 Å². The highest BCUT2D eigenvalue weighted by Gasteiger charge is 2.00. The van der Waals surface area contributed by atoms with Gasteiger partial charge in [0.15, 0.2) is 4.67 Å². The molecule has 0 spiro atoms. The van der Waals surface area contributed by atoms with Crippen LogP contribution in [0.2, 0.25) is 0 Å². The molecular weight excluding hydrogens is 324 g/mol. The second kappa shape index (κ2) is 7.00.